The molecule has 0 aliphatic heterocycles. The van der Waals surface area contributed by atoms with Crippen molar-refractivity contribution in [3.63, 3.8) is 0 Å². The average molecular weight is 212 g/mol. The van der Waals surface area contributed by atoms with Crippen LogP contribution in [0.2, 0.25) is 0 Å². The SMILES string of the molecule is C=CC[C@@H](CCCC(C)O)OC(=O)C=C. The highest BCUT2D eigenvalue weighted by atomic mass is 16.5. The fourth-order valence-electron chi connectivity index (χ4n) is 1.26. The third kappa shape index (κ3) is 7.94. The molecule has 0 heterocycles. The number of esters is 1. The number of carbonyl (C=O) groups is 1. The van der Waals surface area contributed by atoms with Crippen LogP contribution in [0.15, 0.2) is 25.3 Å². The summed E-state index contributed by atoms with van der Waals surface area (Å²) in [4.78, 5) is 11.0. The van der Waals surface area contributed by atoms with Gasteiger partial charge in [0, 0.05) is 12.5 Å². The fourth-order valence-corrected chi connectivity index (χ4v) is 1.26. The van der Waals surface area contributed by atoms with Gasteiger partial charge in [-0.3, -0.25) is 0 Å². The lowest BCUT2D eigenvalue weighted by Crippen LogP contribution is -2.16. The van der Waals surface area contributed by atoms with Gasteiger partial charge in [-0.15, -0.1) is 6.58 Å². The summed E-state index contributed by atoms with van der Waals surface area (Å²) in [5.74, 6) is -0.404. The maximum Gasteiger partial charge on any atom is 0.330 e. The van der Waals surface area contributed by atoms with Gasteiger partial charge in [0.05, 0.1) is 6.10 Å². The Morgan fingerprint density at radius 1 is 1.47 bits per heavy atom. The van der Waals surface area contributed by atoms with E-state index in [0.717, 1.165) is 25.3 Å². The molecule has 3 heteroatoms. The number of rotatable bonds is 8. The molecule has 0 saturated carbocycles. The van der Waals surface area contributed by atoms with Crippen molar-refractivity contribution in [2.75, 3.05) is 0 Å². The highest BCUT2D eigenvalue weighted by molar-refractivity contribution is 5.81. The topological polar surface area (TPSA) is 46.5 Å². The molecule has 1 N–H and O–H groups in total. The Morgan fingerprint density at radius 3 is 2.60 bits per heavy atom. The van der Waals surface area contributed by atoms with Gasteiger partial charge in [-0.05, 0) is 26.2 Å². The lowest BCUT2D eigenvalue weighted by Gasteiger charge is -2.15. The van der Waals surface area contributed by atoms with Crippen molar-refractivity contribution >= 4 is 5.97 Å². The summed E-state index contributed by atoms with van der Waals surface area (Å²) in [6.07, 6.45) is 5.38. The summed E-state index contributed by atoms with van der Waals surface area (Å²) in [5.41, 5.74) is 0. The van der Waals surface area contributed by atoms with E-state index in [-0.39, 0.29) is 12.2 Å². The molecule has 0 aromatic carbocycles. The lowest BCUT2D eigenvalue weighted by atomic mass is 10.1. The van der Waals surface area contributed by atoms with Gasteiger partial charge in [0.25, 0.3) is 0 Å². The van der Waals surface area contributed by atoms with Gasteiger partial charge < -0.3 is 9.84 Å². The molecular weight excluding hydrogens is 192 g/mol. The smallest absolute Gasteiger partial charge is 0.330 e. The molecule has 2 atom stereocenters. The molecular formula is C12H20O3. The van der Waals surface area contributed by atoms with Gasteiger partial charge in [0.1, 0.15) is 6.10 Å². The van der Waals surface area contributed by atoms with Crippen molar-refractivity contribution in [2.45, 2.75) is 44.8 Å². The zero-order chi connectivity index (χ0) is 11.7. The molecule has 0 saturated heterocycles. The van der Waals surface area contributed by atoms with E-state index in [9.17, 15) is 4.79 Å². The van der Waals surface area contributed by atoms with Crippen molar-refractivity contribution in [2.24, 2.45) is 0 Å². The number of hydrogen-bond donors (Lipinski definition) is 1. The van der Waals surface area contributed by atoms with Gasteiger partial charge >= 0.3 is 5.97 Å². The third-order valence-corrected chi connectivity index (χ3v) is 2.03. The van der Waals surface area contributed by atoms with E-state index in [1.807, 2.05) is 0 Å². The zero-order valence-electron chi connectivity index (χ0n) is 9.32. The Morgan fingerprint density at radius 2 is 2.13 bits per heavy atom. The highest BCUT2D eigenvalue weighted by Crippen LogP contribution is 2.11. The molecule has 0 aromatic heterocycles. The molecule has 0 aromatic rings. The van der Waals surface area contributed by atoms with Gasteiger partial charge in [-0.1, -0.05) is 12.7 Å². The highest BCUT2D eigenvalue weighted by Gasteiger charge is 2.11. The van der Waals surface area contributed by atoms with Crippen molar-refractivity contribution in [1.82, 2.24) is 0 Å². The molecule has 1 unspecified atom stereocenters. The van der Waals surface area contributed by atoms with Crippen LogP contribution < -0.4 is 0 Å². The maximum atomic E-state index is 11.0. The molecule has 0 spiro atoms. The first-order valence-electron chi connectivity index (χ1n) is 5.22. The number of carbonyl (C=O) groups excluding carboxylic acids is 1. The van der Waals surface area contributed by atoms with Gasteiger partial charge in [0.2, 0.25) is 0 Å². The molecule has 0 bridgehead atoms. The molecule has 0 radical (unpaired) electrons. The van der Waals surface area contributed by atoms with E-state index in [4.69, 9.17) is 9.84 Å². The van der Waals surface area contributed by atoms with Crippen LogP contribution in [0.1, 0.15) is 32.6 Å². The van der Waals surface area contributed by atoms with E-state index in [2.05, 4.69) is 13.2 Å². The summed E-state index contributed by atoms with van der Waals surface area (Å²) in [6, 6.07) is 0. The lowest BCUT2D eigenvalue weighted by molar-refractivity contribution is -0.143. The molecule has 0 aliphatic carbocycles. The Labute approximate surface area is 91.4 Å². The fraction of sp³-hybridized carbons (Fsp3) is 0.583. The minimum atomic E-state index is -0.404. The predicted molar refractivity (Wildman–Crippen MR) is 60.4 cm³/mol. The molecule has 15 heavy (non-hydrogen) atoms. The second-order valence-electron chi connectivity index (χ2n) is 3.57. The van der Waals surface area contributed by atoms with E-state index in [0.29, 0.717) is 6.42 Å². The van der Waals surface area contributed by atoms with Crippen LogP contribution in [-0.4, -0.2) is 23.3 Å². The first kappa shape index (κ1) is 13.9. The Hall–Kier alpha value is -1.09. The monoisotopic (exact) mass is 212 g/mol. The Bertz CT molecular complexity index is 209. The quantitative estimate of drug-likeness (QED) is 0.381. The average Bonchev–Trinajstić information content (AvgIpc) is 2.17. The van der Waals surface area contributed by atoms with Crippen LogP contribution in [0, 0.1) is 0 Å². The number of ether oxygens (including phenoxy) is 1. The predicted octanol–water partition coefficient (Wildman–Crippen LogP) is 2.21. The largest absolute Gasteiger partial charge is 0.459 e. The number of hydrogen-bond acceptors (Lipinski definition) is 3. The molecule has 86 valence electrons. The van der Waals surface area contributed by atoms with Crippen LogP contribution in [0.3, 0.4) is 0 Å². The molecule has 0 fully saturated rings. The molecule has 0 rings (SSSR count). The zero-order valence-corrected chi connectivity index (χ0v) is 9.32. The first-order chi connectivity index (χ1) is 7.10. The summed E-state index contributed by atoms with van der Waals surface area (Å²) < 4.78 is 5.11. The maximum absolute atomic E-state index is 11.0. The van der Waals surface area contributed by atoms with Gasteiger partial charge in [-0.25, -0.2) is 4.79 Å². The molecule has 0 aliphatic rings. The number of aliphatic hydroxyl groups is 1. The third-order valence-electron chi connectivity index (χ3n) is 2.03. The second kappa shape index (κ2) is 8.24. The van der Waals surface area contributed by atoms with Crippen LogP contribution in [0.5, 0.6) is 0 Å². The Balaban J connectivity index is 3.87. The van der Waals surface area contributed by atoms with E-state index >= 15 is 0 Å². The Kier molecular flexibility index (Phi) is 7.64. The van der Waals surface area contributed by atoms with Crippen LogP contribution in [0.4, 0.5) is 0 Å². The minimum Gasteiger partial charge on any atom is -0.459 e. The molecule has 0 amide bonds. The number of aliphatic hydroxyl groups excluding tert-OH is 1. The van der Waals surface area contributed by atoms with E-state index in [1.165, 1.54) is 0 Å². The van der Waals surface area contributed by atoms with Crippen molar-refractivity contribution in [3.8, 4) is 0 Å². The van der Waals surface area contributed by atoms with Gasteiger partial charge in [0.15, 0.2) is 0 Å². The molecule has 3 nitrogen and oxygen atoms in total. The van der Waals surface area contributed by atoms with E-state index < -0.39 is 5.97 Å². The summed E-state index contributed by atoms with van der Waals surface area (Å²) >= 11 is 0. The second-order valence-corrected chi connectivity index (χ2v) is 3.57. The minimum absolute atomic E-state index is 0.147. The van der Waals surface area contributed by atoms with Crippen LogP contribution in [-0.2, 0) is 9.53 Å². The standard InChI is InChI=1S/C12H20O3/c1-4-7-11(15-12(14)5-2)9-6-8-10(3)13/h4-5,10-11,13H,1-2,6-9H2,3H3/t10?,11-/m0/s1. The summed E-state index contributed by atoms with van der Waals surface area (Å²) in [7, 11) is 0. The van der Waals surface area contributed by atoms with Gasteiger partial charge in [-0.2, -0.15) is 0 Å². The normalized spacial score (nSPS) is 14.0. The summed E-state index contributed by atoms with van der Waals surface area (Å²) in [6.45, 7) is 8.70. The van der Waals surface area contributed by atoms with Crippen LogP contribution >= 0.6 is 0 Å². The summed E-state index contributed by atoms with van der Waals surface area (Å²) in [5, 5.41) is 9.08. The van der Waals surface area contributed by atoms with Crippen molar-refractivity contribution in [1.29, 1.82) is 0 Å². The van der Waals surface area contributed by atoms with Crippen molar-refractivity contribution < 1.29 is 14.6 Å². The van der Waals surface area contributed by atoms with E-state index in [1.54, 1.807) is 13.0 Å². The van der Waals surface area contributed by atoms with Crippen LogP contribution in [0.25, 0.3) is 0 Å². The first-order valence-corrected chi connectivity index (χ1v) is 5.22. The van der Waals surface area contributed by atoms with Crippen molar-refractivity contribution in [3.05, 3.63) is 25.3 Å².